The molecule has 0 aliphatic carbocycles. The zero-order chi connectivity index (χ0) is 15.0. The molecular formula is C14H18N4O2S. The smallest absolute Gasteiger partial charge is 0.244 e. The third kappa shape index (κ3) is 2.67. The summed E-state index contributed by atoms with van der Waals surface area (Å²) in [4.78, 5) is 4.00. The van der Waals surface area contributed by atoms with Gasteiger partial charge in [0.15, 0.2) is 0 Å². The number of hydrogen-bond acceptors (Lipinski definition) is 5. The average Bonchev–Trinajstić information content (AvgIpc) is 2.84. The molecule has 2 saturated heterocycles. The molecule has 2 atom stereocenters. The van der Waals surface area contributed by atoms with Crippen LogP contribution in [0.25, 0.3) is 0 Å². The largest absolute Gasteiger partial charge is 0.311 e. The fraction of sp³-hybridized carbons (Fsp3) is 0.571. The topological polar surface area (TPSA) is 86.1 Å². The molecule has 2 aliphatic heterocycles. The van der Waals surface area contributed by atoms with Crippen molar-refractivity contribution in [1.82, 2.24) is 14.6 Å². The van der Waals surface area contributed by atoms with Gasteiger partial charge in [-0.15, -0.1) is 0 Å². The van der Waals surface area contributed by atoms with E-state index in [4.69, 9.17) is 5.26 Å². The Morgan fingerprint density at radius 1 is 1.33 bits per heavy atom. The van der Waals surface area contributed by atoms with Crippen LogP contribution in [-0.2, 0) is 10.0 Å². The number of nitrogens with one attached hydrogen (secondary N) is 1. The normalized spacial score (nSPS) is 28.5. The molecule has 1 N–H and O–H groups in total. The second kappa shape index (κ2) is 5.37. The molecule has 2 fully saturated rings. The molecule has 0 spiro atoms. The van der Waals surface area contributed by atoms with Gasteiger partial charge in [-0.25, -0.2) is 13.4 Å². The van der Waals surface area contributed by atoms with Gasteiger partial charge in [0.25, 0.3) is 0 Å². The number of pyridine rings is 1. The zero-order valence-corrected chi connectivity index (χ0v) is 12.7. The van der Waals surface area contributed by atoms with Gasteiger partial charge in [0, 0.05) is 31.4 Å². The molecule has 7 heteroatoms. The van der Waals surface area contributed by atoms with E-state index in [-0.39, 0.29) is 16.6 Å². The second-order valence-corrected chi connectivity index (χ2v) is 7.77. The molecule has 0 amide bonds. The molecule has 1 aromatic heterocycles. The van der Waals surface area contributed by atoms with Crippen LogP contribution in [0.1, 0.15) is 31.4 Å². The van der Waals surface area contributed by atoms with Crippen LogP contribution >= 0.6 is 0 Å². The van der Waals surface area contributed by atoms with Crippen molar-refractivity contribution in [2.24, 2.45) is 0 Å². The molecule has 1 aromatic rings. The van der Waals surface area contributed by atoms with E-state index in [9.17, 15) is 8.42 Å². The lowest BCUT2D eigenvalue weighted by Crippen LogP contribution is -2.48. The quantitative estimate of drug-likeness (QED) is 0.895. The minimum absolute atomic E-state index is 0.0318. The number of fused-ring (bicyclic) bond motifs is 2. The van der Waals surface area contributed by atoms with Crippen molar-refractivity contribution in [1.29, 1.82) is 5.26 Å². The highest BCUT2D eigenvalue weighted by Crippen LogP contribution is 2.31. The number of nitriles is 1. The van der Waals surface area contributed by atoms with E-state index in [0.717, 1.165) is 25.7 Å². The van der Waals surface area contributed by atoms with Crippen LogP contribution in [0.4, 0.5) is 0 Å². The molecule has 0 aromatic carbocycles. The van der Waals surface area contributed by atoms with Crippen LogP contribution in [0, 0.1) is 11.3 Å². The third-order valence-corrected chi connectivity index (χ3v) is 6.38. The van der Waals surface area contributed by atoms with Crippen molar-refractivity contribution in [2.45, 2.75) is 48.7 Å². The molecule has 21 heavy (non-hydrogen) atoms. The average molecular weight is 306 g/mol. The van der Waals surface area contributed by atoms with Gasteiger partial charge in [0.05, 0.1) is 0 Å². The Morgan fingerprint density at radius 3 is 2.52 bits per heavy atom. The van der Waals surface area contributed by atoms with E-state index >= 15 is 0 Å². The van der Waals surface area contributed by atoms with Crippen molar-refractivity contribution < 1.29 is 8.42 Å². The molecule has 3 rings (SSSR count). The lowest BCUT2D eigenvalue weighted by Gasteiger charge is -2.34. The second-order valence-electron chi connectivity index (χ2n) is 5.78. The molecule has 0 radical (unpaired) electrons. The van der Waals surface area contributed by atoms with Gasteiger partial charge in [-0.05, 0) is 37.8 Å². The van der Waals surface area contributed by atoms with Gasteiger partial charge in [-0.2, -0.15) is 9.57 Å². The summed E-state index contributed by atoms with van der Waals surface area (Å²) in [6.45, 7) is 0. The van der Waals surface area contributed by atoms with Crippen molar-refractivity contribution >= 4 is 10.0 Å². The summed E-state index contributed by atoms with van der Waals surface area (Å²) in [5.74, 6) is 0. The van der Waals surface area contributed by atoms with Crippen LogP contribution in [0.5, 0.6) is 0 Å². The molecule has 112 valence electrons. The van der Waals surface area contributed by atoms with Crippen LogP contribution in [0.2, 0.25) is 0 Å². The Hall–Kier alpha value is -1.49. The zero-order valence-electron chi connectivity index (χ0n) is 11.9. The van der Waals surface area contributed by atoms with Crippen molar-refractivity contribution in [2.75, 3.05) is 7.05 Å². The van der Waals surface area contributed by atoms with E-state index in [0.29, 0.717) is 12.1 Å². The van der Waals surface area contributed by atoms with E-state index in [2.05, 4.69) is 10.3 Å². The first kappa shape index (κ1) is 14.4. The molecule has 3 heterocycles. The van der Waals surface area contributed by atoms with Gasteiger partial charge in [-0.3, -0.25) is 0 Å². The predicted octanol–water partition coefficient (Wildman–Crippen LogP) is 0.857. The summed E-state index contributed by atoms with van der Waals surface area (Å²) in [5.41, 5.74) is 0.219. The van der Waals surface area contributed by atoms with Crippen molar-refractivity contribution in [3.63, 3.8) is 0 Å². The lowest BCUT2D eigenvalue weighted by molar-refractivity contribution is 0.251. The van der Waals surface area contributed by atoms with Crippen LogP contribution in [0.15, 0.2) is 23.2 Å². The fourth-order valence-electron chi connectivity index (χ4n) is 3.29. The van der Waals surface area contributed by atoms with Crippen LogP contribution in [0.3, 0.4) is 0 Å². The SMILES string of the molecule is CN(C1CC2CCC(C1)N2)S(=O)(=O)c1ccc(C#N)nc1. The molecular weight excluding hydrogens is 288 g/mol. The van der Waals surface area contributed by atoms with Gasteiger partial charge in [0.2, 0.25) is 10.0 Å². The summed E-state index contributed by atoms with van der Waals surface area (Å²) >= 11 is 0. The van der Waals surface area contributed by atoms with Gasteiger partial charge in [-0.1, -0.05) is 0 Å². The highest BCUT2D eigenvalue weighted by Gasteiger charge is 2.38. The standard InChI is InChI=1S/C14H18N4O2S/c1-18(13-6-10-2-3-11(7-13)17-10)21(19,20)14-5-4-12(8-15)16-9-14/h4-5,9-11,13,17H,2-3,6-7H2,1H3. The number of hydrogen-bond donors (Lipinski definition) is 1. The molecule has 6 nitrogen and oxygen atoms in total. The van der Waals surface area contributed by atoms with E-state index < -0.39 is 10.0 Å². The Kier molecular flexibility index (Phi) is 3.69. The first-order valence-corrected chi connectivity index (χ1v) is 8.55. The van der Waals surface area contributed by atoms with Crippen LogP contribution in [-0.4, -0.2) is 42.9 Å². The van der Waals surface area contributed by atoms with Crippen LogP contribution < -0.4 is 5.32 Å². The minimum Gasteiger partial charge on any atom is -0.311 e. The number of aromatic nitrogens is 1. The number of nitrogens with zero attached hydrogens (tertiary/aromatic N) is 3. The Labute approximate surface area is 124 Å². The van der Waals surface area contributed by atoms with Gasteiger partial charge in [0.1, 0.15) is 16.7 Å². The maximum absolute atomic E-state index is 12.6. The Bertz CT molecular complexity index is 653. The summed E-state index contributed by atoms with van der Waals surface area (Å²) in [7, 11) is -1.91. The Morgan fingerprint density at radius 2 is 2.00 bits per heavy atom. The minimum atomic E-state index is -3.55. The lowest BCUT2D eigenvalue weighted by atomic mass is 10.0. The highest BCUT2D eigenvalue weighted by molar-refractivity contribution is 7.89. The van der Waals surface area contributed by atoms with Gasteiger partial charge < -0.3 is 5.32 Å². The summed E-state index contributed by atoms with van der Waals surface area (Å²) in [5, 5.41) is 12.2. The molecule has 2 unspecified atom stereocenters. The fourth-order valence-corrected chi connectivity index (χ4v) is 4.61. The van der Waals surface area contributed by atoms with E-state index in [1.807, 2.05) is 6.07 Å². The number of sulfonamides is 1. The number of piperidine rings is 1. The molecule has 0 saturated carbocycles. The summed E-state index contributed by atoms with van der Waals surface area (Å²) < 4.78 is 26.8. The van der Waals surface area contributed by atoms with Gasteiger partial charge >= 0.3 is 0 Å². The predicted molar refractivity (Wildman–Crippen MR) is 76.9 cm³/mol. The summed E-state index contributed by atoms with van der Waals surface area (Å²) in [6.07, 6.45) is 5.24. The summed E-state index contributed by atoms with van der Waals surface area (Å²) in [6, 6.07) is 5.68. The maximum Gasteiger partial charge on any atom is 0.244 e. The molecule has 2 bridgehead atoms. The van der Waals surface area contributed by atoms with E-state index in [1.165, 1.54) is 22.6 Å². The first-order chi connectivity index (χ1) is 10.0. The van der Waals surface area contributed by atoms with Crippen molar-refractivity contribution in [3.05, 3.63) is 24.0 Å². The third-order valence-electron chi connectivity index (χ3n) is 4.49. The van der Waals surface area contributed by atoms with Crippen molar-refractivity contribution in [3.8, 4) is 6.07 Å². The Balaban J connectivity index is 1.82. The highest BCUT2D eigenvalue weighted by atomic mass is 32.2. The maximum atomic E-state index is 12.6. The number of rotatable bonds is 3. The van der Waals surface area contributed by atoms with E-state index in [1.54, 1.807) is 7.05 Å². The first-order valence-electron chi connectivity index (χ1n) is 7.11. The monoisotopic (exact) mass is 306 g/mol. The molecule has 2 aliphatic rings.